The van der Waals surface area contributed by atoms with Crippen LogP contribution < -0.4 is 5.73 Å². The fourth-order valence-electron chi connectivity index (χ4n) is 1.91. The van der Waals surface area contributed by atoms with Crippen molar-refractivity contribution in [3.8, 4) is 0 Å². The Morgan fingerprint density at radius 1 is 1.44 bits per heavy atom. The number of hydrogen-bond donors (Lipinski definition) is 2. The predicted octanol–water partition coefficient (Wildman–Crippen LogP) is -0.130. The first-order valence-corrected chi connectivity index (χ1v) is 5.47. The minimum absolute atomic E-state index is 0.118. The number of hydrogen-bond acceptors (Lipinski definition) is 3. The van der Waals surface area contributed by atoms with E-state index < -0.39 is 18.1 Å². The van der Waals surface area contributed by atoms with Crippen molar-refractivity contribution in [2.45, 2.75) is 45.8 Å². The Kier molecular flexibility index (Phi) is 3.57. The molecule has 1 rings (SSSR count). The van der Waals surface area contributed by atoms with Crippen LogP contribution in [0.4, 0.5) is 0 Å². The third-order valence-corrected chi connectivity index (χ3v) is 2.61. The van der Waals surface area contributed by atoms with E-state index in [2.05, 4.69) is 0 Å². The molecular weight excluding hydrogens is 208 g/mol. The van der Waals surface area contributed by atoms with Crippen LogP contribution in [0.15, 0.2) is 0 Å². The van der Waals surface area contributed by atoms with Gasteiger partial charge < -0.3 is 15.7 Å². The van der Waals surface area contributed by atoms with Gasteiger partial charge >= 0.3 is 0 Å². The third-order valence-electron chi connectivity index (χ3n) is 2.61. The Hall–Kier alpha value is -1.10. The molecule has 1 heterocycles. The number of likely N-dealkylation sites (tertiary alicyclic amines) is 1. The number of aliphatic hydroxyl groups is 1. The molecule has 92 valence electrons. The molecule has 0 aromatic carbocycles. The Labute approximate surface area is 95.6 Å². The molecule has 0 spiro atoms. The summed E-state index contributed by atoms with van der Waals surface area (Å²) < 4.78 is 0. The van der Waals surface area contributed by atoms with Crippen molar-refractivity contribution in [3.05, 3.63) is 0 Å². The first kappa shape index (κ1) is 13.0. The Bertz CT molecular complexity index is 296. The van der Waals surface area contributed by atoms with Crippen LogP contribution in [0.25, 0.3) is 0 Å². The lowest BCUT2D eigenvalue weighted by atomic mass is 9.91. The highest BCUT2D eigenvalue weighted by Crippen LogP contribution is 2.24. The molecule has 5 nitrogen and oxygen atoms in total. The molecule has 2 atom stereocenters. The fourth-order valence-corrected chi connectivity index (χ4v) is 1.91. The van der Waals surface area contributed by atoms with Gasteiger partial charge in [-0.25, -0.2) is 0 Å². The highest BCUT2D eigenvalue weighted by atomic mass is 16.3. The molecule has 0 aliphatic carbocycles. The van der Waals surface area contributed by atoms with Crippen LogP contribution >= 0.6 is 0 Å². The molecule has 0 saturated carbocycles. The van der Waals surface area contributed by atoms with Crippen molar-refractivity contribution in [1.29, 1.82) is 0 Å². The van der Waals surface area contributed by atoms with E-state index in [-0.39, 0.29) is 24.3 Å². The van der Waals surface area contributed by atoms with Gasteiger partial charge in [-0.05, 0) is 5.41 Å². The SMILES string of the molecule is CC(C)(C)CC(=O)N1C[C@H](O)C[C@H]1C(N)=O. The number of aliphatic hydroxyl groups excluding tert-OH is 1. The van der Waals surface area contributed by atoms with Crippen LogP contribution in [-0.2, 0) is 9.59 Å². The van der Waals surface area contributed by atoms with Crippen LogP contribution in [0.1, 0.15) is 33.6 Å². The van der Waals surface area contributed by atoms with E-state index in [1.807, 2.05) is 20.8 Å². The summed E-state index contributed by atoms with van der Waals surface area (Å²) >= 11 is 0. The van der Waals surface area contributed by atoms with Gasteiger partial charge in [0.15, 0.2) is 0 Å². The summed E-state index contributed by atoms with van der Waals surface area (Å²) in [4.78, 5) is 24.5. The number of amides is 2. The first-order chi connectivity index (χ1) is 7.20. The topological polar surface area (TPSA) is 83.6 Å². The van der Waals surface area contributed by atoms with Gasteiger partial charge in [0.2, 0.25) is 11.8 Å². The normalized spacial score (nSPS) is 25.9. The lowest BCUT2D eigenvalue weighted by Crippen LogP contribution is -2.44. The van der Waals surface area contributed by atoms with Crippen molar-refractivity contribution in [2.24, 2.45) is 11.1 Å². The quantitative estimate of drug-likeness (QED) is 0.690. The maximum Gasteiger partial charge on any atom is 0.240 e. The van der Waals surface area contributed by atoms with Crippen molar-refractivity contribution in [2.75, 3.05) is 6.54 Å². The molecular formula is C11H20N2O3. The van der Waals surface area contributed by atoms with Crippen molar-refractivity contribution < 1.29 is 14.7 Å². The molecule has 0 bridgehead atoms. The van der Waals surface area contributed by atoms with E-state index in [9.17, 15) is 14.7 Å². The molecule has 1 saturated heterocycles. The largest absolute Gasteiger partial charge is 0.391 e. The molecule has 3 N–H and O–H groups in total. The molecule has 1 fully saturated rings. The number of carbonyl (C=O) groups is 2. The average Bonchev–Trinajstić information content (AvgIpc) is 2.44. The summed E-state index contributed by atoms with van der Waals surface area (Å²) in [6, 6.07) is -0.648. The minimum atomic E-state index is -0.648. The van der Waals surface area contributed by atoms with Crippen LogP contribution in [0, 0.1) is 5.41 Å². The van der Waals surface area contributed by atoms with Crippen molar-refractivity contribution in [1.82, 2.24) is 4.90 Å². The zero-order valence-electron chi connectivity index (χ0n) is 10.1. The van der Waals surface area contributed by atoms with E-state index in [4.69, 9.17) is 5.73 Å². The molecule has 1 aliphatic rings. The molecule has 5 heteroatoms. The summed E-state index contributed by atoms with van der Waals surface area (Å²) in [5, 5.41) is 9.46. The highest BCUT2D eigenvalue weighted by Gasteiger charge is 2.38. The number of nitrogens with two attached hydrogens (primary N) is 1. The Balaban J connectivity index is 2.71. The molecule has 1 aliphatic heterocycles. The standard InChI is InChI=1S/C11H20N2O3/c1-11(2,3)5-9(15)13-6-7(14)4-8(13)10(12)16/h7-8,14H,4-6H2,1-3H3,(H2,12,16)/t7-,8+/m1/s1. The van der Waals surface area contributed by atoms with Crippen molar-refractivity contribution in [3.63, 3.8) is 0 Å². The summed E-state index contributed by atoms with van der Waals surface area (Å²) in [5.41, 5.74) is 5.08. The zero-order chi connectivity index (χ0) is 12.5. The van der Waals surface area contributed by atoms with Gasteiger partial charge in [0, 0.05) is 19.4 Å². The first-order valence-electron chi connectivity index (χ1n) is 5.47. The van der Waals surface area contributed by atoms with Gasteiger partial charge in [0.1, 0.15) is 6.04 Å². The van der Waals surface area contributed by atoms with E-state index in [1.54, 1.807) is 0 Å². The molecule has 0 aromatic rings. The number of β-amino-alcohol motifs (C(OH)–C–C–N with tert-alkyl or cyclic N) is 1. The Morgan fingerprint density at radius 3 is 2.44 bits per heavy atom. The summed E-state index contributed by atoms with van der Waals surface area (Å²) in [7, 11) is 0. The number of carbonyl (C=O) groups excluding carboxylic acids is 2. The lowest BCUT2D eigenvalue weighted by molar-refractivity contribution is -0.138. The molecule has 0 radical (unpaired) electrons. The van der Waals surface area contributed by atoms with Gasteiger partial charge in [0.25, 0.3) is 0 Å². The summed E-state index contributed by atoms with van der Waals surface area (Å²) in [6.45, 7) is 6.08. The van der Waals surface area contributed by atoms with Gasteiger partial charge in [-0.2, -0.15) is 0 Å². The second-order valence-electron chi connectivity index (χ2n) is 5.59. The van der Waals surface area contributed by atoms with Crippen molar-refractivity contribution >= 4 is 11.8 Å². The Morgan fingerprint density at radius 2 is 2.00 bits per heavy atom. The molecule has 0 aromatic heterocycles. The minimum Gasteiger partial charge on any atom is -0.391 e. The van der Waals surface area contributed by atoms with E-state index in [1.165, 1.54) is 4.90 Å². The maximum absolute atomic E-state index is 11.9. The summed E-state index contributed by atoms with van der Waals surface area (Å²) in [5.74, 6) is -0.661. The lowest BCUT2D eigenvalue weighted by Gasteiger charge is -2.26. The van der Waals surface area contributed by atoms with E-state index >= 15 is 0 Å². The van der Waals surface area contributed by atoms with Crippen LogP contribution in [0.5, 0.6) is 0 Å². The van der Waals surface area contributed by atoms with Crippen LogP contribution in [0.3, 0.4) is 0 Å². The molecule has 16 heavy (non-hydrogen) atoms. The highest BCUT2D eigenvalue weighted by molar-refractivity contribution is 5.87. The zero-order valence-corrected chi connectivity index (χ0v) is 10.1. The average molecular weight is 228 g/mol. The van der Waals surface area contributed by atoms with Crippen LogP contribution in [-0.4, -0.2) is 40.5 Å². The van der Waals surface area contributed by atoms with Crippen LogP contribution in [0.2, 0.25) is 0 Å². The summed E-state index contributed by atoms with van der Waals surface area (Å²) in [6.07, 6.45) is -0.0317. The number of primary amides is 1. The predicted molar refractivity (Wildman–Crippen MR) is 59.4 cm³/mol. The monoisotopic (exact) mass is 228 g/mol. The molecule has 2 amide bonds. The molecule has 0 unspecified atom stereocenters. The second-order valence-corrected chi connectivity index (χ2v) is 5.59. The second kappa shape index (κ2) is 4.41. The fraction of sp³-hybridized carbons (Fsp3) is 0.818. The van der Waals surface area contributed by atoms with Gasteiger partial charge in [-0.3, -0.25) is 9.59 Å². The number of nitrogens with zero attached hydrogens (tertiary/aromatic N) is 1. The maximum atomic E-state index is 11.9. The van der Waals surface area contributed by atoms with Gasteiger partial charge in [-0.1, -0.05) is 20.8 Å². The van der Waals surface area contributed by atoms with Gasteiger partial charge in [0.05, 0.1) is 6.10 Å². The van der Waals surface area contributed by atoms with E-state index in [0.717, 1.165) is 0 Å². The van der Waals surface area contributed by atoms with Gasteiger partial charge in [-0.15, -0.1) is 0 Å². The smallest absolute Gasteiger partial charge is 0.240 e. The third kappa shape index (κ3) is 3.20. The number of rotatable bonds is 2. The van der Waals surface area contributed by atoms with E-state index in [0.29, 0.717) is 6.42 Å².